The van der Waals surface area contributed by atoms with Crippen molar-refractivity contribution in [2.45, 2.75) is 13.5 Å². The van der Waals surface area contributed by atoms with E-state index in [0.717, 1.165) is 34.9 Å². The number of benzene rings is 2. The van der Waals surface area contributed by atoms with Crippen LogP contribution in [0.5, 0.6) is 0 Å². The Morgan fingerprint density at radius 2 is 2.00 bits per heavy atom. The fraction of sp³-hybridized carbons (Fsp3) is 0.118. The number of hydrogen-bond donors (Lipinski definition) is 1. The fourth-order valence-electron chi connectivity index (χ4n) is 2.34. The molecule has 0 unspecified atom stereocenters. The van der Waals surface area contributed by atoms with Gasteiger partial charge in [-0.1, -0.05) is 24.8 Å². The first-order chi connectivity index (χ1) is 10.2. The summed E-state index contributed by atoms with van der Waals surface area (Å²) in [6.07, 6.45) is 0. The summed E-state index contributed by atoms with van der Waals surface area (Å²) in [6, 6.07) is 16.2. The Bertz CT molecular complexity index is 793. The highest BCUT2D eigenvalue weighted by atomic mass is 127. The second-order valence-corrected chi connectivity index (χ2v) is 5.98. The van der Waals surface area contributed by atoms with E-state index in [-0.39, 0.29) is 0 Å². The SMILES string of the molecule is C=C(Nc1ccccc1)c1oc2ccc(I)cc2[n+]1CC. The Morgan fingerprint density at radius 1 is 1.24 bits per heavy atom. The van der Waals surface area contributed by atoms with E-state index in [4.69, 9.17) is 4.42 Å². The minimum Gasteiger partial charge on any atom is -0.396 e. The lowest BCUT2D eigenvalue weighted by Gasteiger charge is -2.04. The van der Waals surface area contributed by atoms with Crippen molar-refractivity contribution >= 4 is 45.1 Å². The van der Waals surface area contributed by atoms with Crippen molar-refractivity contribution in [2.75, 3.05) is 5.32 Å². The minimum atomic E-state index is 0.759. The number of oxazole rings is 1. The van der Waals surface area contributed by atoms with Crippen molar-refractivity contribution in [1.29, 1.82) is 0 Å². The maximum absolute atomic E-state index is 5.98. The molecule has 0 bridgehead atoms. The molecule has 2 aromatic carbocycles. The molecular formula is C17H16IN2O+. The molecule has 4 heteroatoms. The molecule has 0 aliphatic heterocycles. The first kappa shape index (κ1) is 14.1. The average Bonchev–Trinajstić information content (AvgIpc) is 2.86. The number of para-hydroxylation sites is 1. The number of nitrogens with zero attached hydrogens (tertiary/aromatic N) is 1. The topological polar surface area (TPSA) is 29.1 Å². The highest BCUT2D eigenvalue weighted by Crippen LogP contribution is 2.22. The van der Waals surface area contributed by atoms with Crippen molar-refractivity contribution in [1.82, 2.24) is 0 Å². The summed E-state index contributed by atoms with van der Waals surface area (Å²) in [5.74, 6) is 0.762. The first-order valence-electron chi connectivity index (χ1n) is 6.82. The van der Waals surface area contributed by atoms with Crippen LogP contribution in [0.25, 0.3) is 16.8 Å². The van der Waals surface area contributed by atoms with Gasteiger partial charge >= 0.3 is 5.89 Å². The molecule has 1 aromatic heterocycles. The Balaban J connectivity index is 2.01. The van der Waals surface area contributed by atoms with Crippen LogP contribution >= 0.6 is 22.6 Å². The summed E-state index contributed by atoms with van der Waals surface area (Å²) in [5.41, 5.74) is 3.73. The lowest BCUT2D eigenvalue weighted by atomic mass is 10.3. The van der Waals surface area contributed by atoms with Gasteiger partial charge in [0, 0.05) is 15.3 Å². The van der Waals surface area contributed by atoms with E-state index in [1.165, 1.54) is 3.57 Å². The second-order valence-electron chi connectivity index (χ2n) is 4.73. The summed E-state index contributed by atoms with van der Waals surface area (Å²) < 4.78 is 9.30. The van der Waals surface area contributed by atoms with Crippen molar-refractivity contribution in [3.8, 4) is 0 Å². The summed E-state index contributed by atoms with van der Waals surface area (Å²) in [5, 5.41) is 3.30. The van der Waals surface area contributed by atoms with E-state index in [1.54, 1.807) is 0 Å². The van der Waals surface area contributed by atoms with Gasteiger partial charge in [0.15, 0.2) is 0 Å². The van der Waals surface area contributed by atoms with Crippen LogP contribution in [0.4, 0.5) is 5.69 Å². The summed E-state index contributed by atoms with van der Waals surface area (Å²) in [6.45, 7) is 7.06. The molecular weight excluding hydrogens is 375 g/mol. The van der Waals surface area contributed by atoms with E-state index in [9.17, 15) is 0 Å². The van der Waals surface area contributed by atoms with E-state index < -0.39 is 0 Å². The summed E-state index contributed by atoms with van der Waals surface area (Å²) in [7, 11) is 0. The molecule has 106 valence electrons. The van der Waals surface area contributed by atoms with Gasteiger partial charge in [0.05, 0.1) is 0 Å². The smallest absolute Gasteiger partial charge is 0.396 e. The summed E-state index contributed by atoms with van der Waals surface area (Å²) >= 11 is 2.31. The van der Waals surface area contributed by atoms with Crippen LogP contribution in [-0.2, 0) is 6.54 Å². The number of halogens is 1. The van der Waals surface area contributed by atoms with Gasteiger partial charge in [0.2, 0.25) is 5.58 Å². The van der Waals surface area contributed by atoms with Crippen LogP contribution in [0, 0.1) is 3.57 Å². The quantitative estimate of drug-likeness (QED) is 0.527. The predicted molar refractivity (Wildman–Crippen MR) is 93.9 cm³/mol. The molecule has 1 heterocycles. The lowest BCUT2D eigenvalue weighted by molar-refractivity contribution is -0.675. The molecule has 0 saturated carbocycles. The second kappa shape index (κ2) is 5.89. The molecule has 0 fully saturated rings. The Kier molecular flexibility index (Phi) is 3.96. The van der Waals surface area contributed by atoms with Crippen molar-refractivity contribution in [3.05, 3.63) is 64.6 Å². The van der Waals surface area contributed by atoms with Crippen LogP contribution in [0.15, 0.2) is 59.5 Å². The third-order valence-electron chi connectivity index (χ3n) is 3.31. The third-order valence-corrected chi connectivity index (χ3v) is 3.98. The van der Waals surface area contributed by atoms with Crippen molar-refractivity contribution < 1.29 is 8.98 Å². The molecule has 0 amide bonds. The number of nitrogens with one attached hydrogen (secondary N) is 1. The Hall–Kier alpha value is -1.82. The minimum absolute atomic E-state index is 0.759. The summed E-state index contributed by atoms with van der Waals surface area (Å²) in [4.78, 5) is 0. The molecule has 0 atom stereocenters. The van der Waals surface area contributed by atoms with Crippen LogP contribution in [0.1, 0.15) is 12.8 Å². The zero-order chi connectivity index (χ0) is 14.8. The van der Waals surface area contributed by atoms with Crippen molar-refractivity contribution in [2.24, 2.45) is 0 Å². The first-order valence-corrected chi connectivity index (χ1v) is 7.90. The largest absolute Gasteiger partial charge is 0.397 e. The van der Waals surface area contributed by atoms with Gasteiger partial charge in [-0.25, -0.2) is 0 Å². The normalized spacial score (nSPS) is 10.8. The maximum atomic E-state index is 5.98. The number of rotatable bonds is 4. The van der Waals surface area contributed by atoms with E-state index >= 15 is 0 Å². The molecule has 1 N–H and O–H groups in total. The van der Waals surface area contributed by atoms with Gasteiger partial charge < -0.3 is 9.73 Å². The third kappa shape index (κ3) is 2.81. The standard InChI is InChI=1S/C17H16IN2O/c1-3-20-15-11-13(18)9-10-16(15)21-17(20)12(2)19-14-7-5-4-6-8-14/h4-11,19H,2-3H2,1H3/q+1. The zero-order valence-electron chi connectivity index (χ0n) is 11.8. The Labute approximate surface area is 137 Å². The molecule has 0 aliphatic carbocycles. The fourth-order valence-corrected chi connectivity index (χ4v) is 2.82. The lowest BCUT2D eigenvalue weighted by Crippen LogP contribution is -2.35. The van der Waals surface area contributed by atoms with Gasteiger partial charge in [-0.2, -0.15) is 4.57 Å². The van der Waals surface area contributed by atoms with Gasteiger partial charge in [-0.3, -0.25) is 0 Å². The molecule has 0 aliphatic rings. The highest BCUT2D eigenvalue weighted by molar-refractivity contribution is 14.1. The molecule has 3 aromatic rings. The van der Waals surface area contributed by atoms with Crippen LogP contribution in [0.3, 0.4) is 0 Å². The molecule has 0 radical (unpaired) electrons. The molecule has 0 saturated heterocycles. The molecule has 3 nitrogen and oxygen atoms in total. The molecule has 21 heavy (non-hydrogen) atoms. The van der Waals surface area contributed by atoms with E-state index in [0.29, 0.717) is 0 Å². The molecule has 0 spiro atoms. The van der Waals surface area contributed by atoms with Gasteiger partial charge in [0.1, 0.15) is 12.2 Å². The number of anilines is 1. The zero-order valence-corrected chi connectivity index (χ0v) is 13.9. The van der Waals surface area contributed by atoms with Crippen molar-refractivity contribution in [3.63, 3.8) is 0 Å². The van der Waals surface area contributed by atoms with Gasteiger partial charge in [0.25, 0.3) is 5.52 Å². The van der Waals surface area contributed by atoms with Crippen LogP contribution in [-0.4, -0.2) is 0 Å². The Morgan fingerprint density at radius 3 is 2.71 bits per heavy atom. The van der Waals surface area contributed by atoms with Crippen LogP contribution < -0.4 is 9.88 Å². The highest BCUT2D eigenvalue weighted by Gasteiger charge is 2.24. The van der Waals surface area contributed by atoms with Gasteiger partial charge in [-0.15, -0.1) is 0 Å². The predicted octanol–water partition coefficient (Wildman–Crippen LogP) is 4.43. The van der Waals surface area contributed by atoms with E-state index in [1.807, 2.05) is 42.5 Å². The molecule has 3 rings (SSSR count). The number of hydrogen-bond acceptors (Lipinski definition) is 2. The van der Waals surface area contributed by atoms with Gasteiger partial charge in [-0.05, 0) is 53.8 Å². The maximum Gasteiger partial charge on any atom is 0.397 e. The number of fused-ring (bicyclic) bond motifs is 1. The van der Waals surface area contributed by atoms with Crippen LogP contribution in [0.2, 0.25) is 0 Å². The monoisotopic (exact) mass is 391 g/mol. The number of aryl methyl sites for hydroxylation is 1. The van der Waals surface area contributed by atoms with E-state index in [2.05, 4.69) is 52.0 Å². The average molecular weight is 391 g/mol. The number of aromatic nitrogens is 1.